The summed E-state index contributed by atoms with van der Waals surface area (Å²) in [7, 11) is 0. The number of anilines is 1. The first-order valence-corrected chi connectivity index (χ1v) is 6.25. The molecule has 0 N–H and O–H groups in total. The lowest BCUT2D eigenvalue weighted by Crippen LogP contribution is -2.28. The Balaban J connectivity index is 2.31. The van der Waals surface area contributed by atoms with Gasteiger partial charge in [-0.15, -0.1) is 0 Å². The van der Waals surface area contributed by atoms with Crippen LogP contribution in [0.5, 0.6) is 0 Å². The molecule has 0 bridgehead atoms. The van der Waals surface area contributed by atoms with Crippen LogP contribution in [0.25, 0.3) is 0 Å². The van der Waals surface area contributed by atoms with Crippen LogP contribution >= 0.6 is 31.9 Å². The van der Waals surface area contributed by atoms with Gasteiger partial charge in [0.1, 0.15) is 4.60 Å². The van der Waals surface area contributed by atoms with E-state index in [9.17, 15) is 4.79 Å². The van der Waals surface area contributed by atoms with Crippen LogP contribution in [0, 0.1) is 6.92 Å². The minimum atomic E-state index is -0.0803. The number of carbonyl (C=O) groups is 1. The molecule has 1 aliphatic rings. The van der Waals surface area contributed by atoms with Crippen molar-refractivity contribution in [3.8, 4) is 0 Å². The highest BCUT2D eigenvalue weighted by atomic mass is 79.9. The van der Waals surface area contributed by atoms with Gasteiger partial charge in [-0.05, 0) is 29.3 Å². The predicted molar refractivity (Wildman–Crippen MR) is 64.2 cm³/mol. The fraction of sp³-hybridized carbons (Fsp3) is 0.444. The van der Waals surface area contributed by atoms with Crippen LogP contribution in [0.3, 0.4) is 0 Å². The number of alkyl halides is 1. The van der Waals surface area contributed by atoms with E-state index in [1.54, 1.807) is 11.1 Å². The molecule has 80 valence electrons. The maximum Gasteiger partial charge on any atom is 0.242 e. The normalized spacial score (nSPS) is 21.1. The molecular formula is C9H9Br2N3O. The largest absolute Gasteiger partial charge is 0.294 e. The molecule has 0 saturated carbocycles. The monoisotopic (exact) mass is 333 g/mol. The molecule has 15 heavy (non-hydrogen) atoms. The number of halogens is 2. The fourth-order valence-electron chi connectivity index (χ4n) is 1.46. The Hall–Kier alpha value is -0.490. The average Bonchev–Trinajstić information content (AvgIpc) is 2.53. The third-order valence-electron chi connectivity index (χ3n) is 2.29. The minimum Gasteiger partial charge on any atom is -0.294 e. The van der Waals surface area contributed by atoms with Gasteiger partial charge >= 0.3 is 0 Å². The fourth-order valence-corrected chi connectivity index (χ4v) is 2.10. The lowest BCUT2D eigenvalue weighted by Gasteiger charge is -2.14. The van der Waals surface area contributed by atoms with Crippen LogP contribution in [0.2, 0.25) is 0 Å². The first-order valence-electron chi connectivity index (χ1n) is 4.54. The van der Waals surface area contributed by atoms with Gasteiger partial charge < -0.3 is 0 Å². The van der Waals surface area contributed by atoms with Gasteiger partial charge in [0.05, 0.1) is 16.7 Å². The molecule has 4 nitrogen and oxygen atoms in total. The first kappa shape index (κ1) is 11.0. The Morgan fingerprint density at radius 3 is 2.87 bits per heavy atom. The summed E-state index contributed by atoms with van der Waals surface area (Å²) in [5.41, 5.74) is 0.790. The summed E-state index contributed by atoms with van der Waals surface area (Å²) in [6, 6.07) is 0. The SMILES string of the molecule is Cc1nc(N2CCC(Br)C2=O)cnc1Br. The Morgan fingerprint density at radius 2 is 2.33 bits per heavy atom. The summed E-state index contributed by atoms with van der Waals surface area (Å²) in [6.07, 6.45) is 2.43. The third-order valence-corrected chi connectivity index (χ3v) is 3.92. The van der Waals surface area contributed by atoms with E-state index < -0.39 is 0 Å². The zero-order valence-corrected chi connectivity index (χ0v) is 11.2. The highest BCUT2D eigenvalue weighted by Crippen LogP contribution is 2.24. The van der Waals surface area contributed by atoms with Crippen molar-refractivity contribution >= 4 is 43.6 Å². The maximum absolute atomic E-state index is 11.7. The summed E-state index contributed by atoms with van der Waals surface area (Å²) in [5.74, 6) is 0.689. The smallest absolute Gasteiger partial charge is 0.242 e. The van der Waals surface area contributed by atoms with E-state index >= 15 is 0 Å². The van der Waals surface area contributed by atoms with Crippen molar-refractivity contribution in [1.82, 2.24) is 9.97 Å². The van der Waals surface area contributed by atoms with E-state index in [-0.39, 0.29) is 10.7 Å². The van der Waals surface area contributed by atoms with Crippen LogP contribution in [0.1, 0.15) is 12.1 Å². The highest BCUT2D eigenvalue weighted by molar-refractivity contribution is 9.10. The Bertz CT molecular complexity index is 410. The van der Waals surface area contributed by atoms with Gasteiger partial charge in [0.2, 0.25) is 5.91 Å². The third kappa shape index (κ3) is 2.06. The van der Waals surface area contributed by atoms with E-state index in [1.165, 1.54) is 0 Å². The highest BCUT2D eigenvalue weighted by Gasteiger charge is 2.31. The van der Waals surface area contributed by atoms with Crippen molar-refractivity contribution in [1.29, 1.82) is 0 Å². The maximum atomic E-state index is 11.7. The first-order chi connectivity index (χ1) is 7.09. The average molecular weight is 335 g/mol. The topological polar surface area (TPSA) is 46.1 Å². The molecule has 1 amide bonds. The van der Waals surface area contributed by atoms with Gasteiger partial charge in [0, 0.05) is 6.54 Å². The molecule has 1 aromatic rings. The van der Waals surface area contributed by atoms with Gasteiger partial charge in [0.25, 0.3) is 0 Å². The zero-order valence-electron chi connectivity index (χ0n) is 8.07. The Labute approximate surface area is 104 Å². The summed E-state index contributed by atoms with van der Waals surface area (Å²) in [5, 5.41) is 0. The summed E-state index contributed by atoms with van der Waals surface area (Å²) >= 11 is 6.60. The standard InChI is InChI=1S/C9H9Br2N3O/c1-5-8(11)12-4-7(13-5)14-3-2-6(10)9(14)15/h4,6H,2-3H2,1H3. The summed E-state index contributed by atoms with van der Waals surface area (Å²) in [4.78, 5) is 21.7. The van der Waals surface area contributed by atoms with Crippen LogP contribution in [-0.2, 0) is 4.79 Å². The second kappa shape index (κ2) is 4.17. The van der Waals surface area contributed by atoms with Crippen LogP contribution in [0.4, 0.5) is 5.82 Å². The zero-order chi connectivity index (χ0) is 11.0. The molecule has 0 radical (unpaired) electrons. The molecule has 1 aromatic heterocycles. The Morgan fingerprint density at radius 1 is 1.60 bits per heavy atom. The number of nitrogens with zero attached hydrogens (tertiary/aromatic N) is 3. The number of aryl methyl sites for hydroxylation is 1. The van der Waals surface area contributed by atoms with Gasteiger partial charge in [-0.3, -0.25) is 9.69 Å². The van der Waals surface area contributed by atoms with E-state index in [0.717, 1.165) is 12.1 Å². The van der Waals surface area contributed by atoms with E-state index in [0.29, 0.717) is 17.0 Å². The predicted octanol–water partition coefficient (Wildman–Crippen LogP) is 2.05. The number of aromatic nitrogens is 2. The lowest BCUT2D eigenvalue weighted by molar-refractivity contribution is -0.116. The Kier molecular flexibility index (Phi) is 3.06. The molecule has 1 atom stereocenters. The molecule has 0 spiro atoms. The summed E-state index contributed by atoms with van der Waals surface area (Å²) < 4.78 is 0.716. The summed E-state index contributed by atoms with van der Waals surface area (Å²) in [6.45, 7) is 2.55. The molecule has 1 fully saturated rings. The number of amides is 1. The molecule has 1 unspecified atom stereocenters. The van der Waals surface area contributed by atoms with Crippen molar-refractivity contribution in [2.24, 2.45) is 0 Å². The van der Waals surface area contributed by atoms with Crippen LogP contribution in [-0.4, -0.2) is 27.2 Å². The second-order valence-electron chi connectivity index (χ2n) is 3.35. The molecule has 0 aliphatic carbocycles. The van der Waals surface area contributed by atoms with E-state index in [1.807, 2.05) is 6.92 Å². The molecule has 0 aromatic carbocycles. The van der Waals surface area contributed by atoms with Crippen molar-refractivity contribution in [2.45, 2.75) is 18.2 Å². The molecule has 6 heteroatoms. The van der Waals surface area contributed by atoms with Gasteiger partial charge in [-0.2, -0.15) is 0 Å². The second-order valence-corrected chi connectivity index (χ2v) is 5.21. The molecular weight excluding hydrogens is 326 g/mol. The van der Waals surface area contributed by atoms with Crippen molar-refractivity contribution in [3.63, 3.8) is 0 Å². The van der Waals surface area contributed by atoms with Crippen LogP contribution in [0.15, 0.2) is 10.8 Å². The van der Waals surface area contributed by atoms with Crippen molar-refractivity contribution in [3.05, 3.63) is 16.5 Å². The van der Waals surface area contributed by atoms with E-state index in [2.05, 4.69) is 41.8 Å². The number of hydrogen-bond acceptors (Lipinski definition) is 3. The number of hydrogen-bond donors (Lipinski definition) is 0. The van der Waals surface area contributed by atoms with Gasteiger partial charge in [0.15, 0.2) is 5.82 Å². The number of carbonyl (C=O) groups excluding carboxylic acids is 1. The molecule has 1 aliphatic heterocycles. The molecule has 1 saturated heterocycles. The molecule has 2 rings (SSSR count). The van der Waals surface area contributed by atoms with Crippen LogP contribution < -0.4 is 4.90 Å². The number of rotatable bonds is 1. The lowest BCUT2D eigenvalue weighted by atomic mass is 10.4. The minimum absolute atomic E-state index is 0.0611. The quantitative estimate of drug-likeness (QED) is 0.738. The van der Waals surface area contributed by atoms with Crippen molar-refractivity contribution < 1.29 is 4.79 Å². The van der Waals surface area contributed by atoms with E-state index in [4.69, 9.17) is 0 Å². The van der Waals surface area contributed by atoms with Gasteiger partial charge in [-0.1, -0.05) is 15.9 Å². The van der Waals surface area contributed by atoms with Crippen molar-refractivity contribution in [2.75, 3.05) is 11.4 Å². The molecule has 2 heterocycles. The van der Waals surface area contributed by atoms with Gasteiger partial charge in [-0.25, -0.2) is 9.97 Å².